The summed E-state index contributed by atoms with van der Waals surface area (Å²) in [5, 5.41) is 0. The lowest BCUT2D eigenvalue weighted by atomic mass is 10.2. The summed E-state index contributed by atoms with van der Waals surface area (Å²) in [6.07, 6.45) is 0. The Bertz CT molecular complexity index is 707. The van der Waals surface area contributed by atoms with Crippen LogP contribution in [-0.2, 0) is 21.5 Å². The van der Waals surface area contributed by atoms with E-state index in [-0.39, 0.29) is 12.2 Å². The summed E-state index contributed by atoms with van der Waals surface area (Å²) in [6.45, 7) is 0.0273. The number of benzene rings is 2. The maximum Gasteiger partial charge on any atom is 0.339 e. The molecule has 0 radical (unpaired) electrons. The second-order valence-electron chi connectivity index (χ2n) is 4.03. The third-order valence-corrected chi connectivity index (χ3v) is 3.51. The van der Waals surface area contributed by atoms with Gasteiger partial charge in [-0.2, -0.15) is 8.42 Å². The Morgan fingerprint density at radius 3 is 2.25 bits per heavy atom. The molecule has 1 N–H and O–H groups in total. The van der Waals surface area contributed by atoms with Gasteiger partial charge in [0.2, 0.25) is 0 Å². The number of esters is 1. The molecule has 2 aromatic rings. The van der Waals surface area contributed by atoms with Crippen molar-refractivity contribution in [2.75, 3.05) is 0 Å². The quantitative estimate of drug-likeness (QED) is 0.690. The molecule has 0 saturated carbocycles. The Morgan fingerprint density at radius 2 is 1.60 bits per heavy atom. The highest BCUT2D eigenvalue weighted by Crippen LogP contribution is 2.16. The van der Waals surface area contributed by atoms with Crippen molar-refractivity contribution in [2.24, 2.45) is 0 Å². The fourth-order valence-corrected chi connectivity index (χ4v) is 2.34. The molecule has 0 aliphatic rings. The molecule has 0 amide bonds. The van der Waals surface area contributed by atoms with Crippen molar-refractivity contribution in [2.45, 2.75) is 11.5 Å². The highest BCUT2D eigenvalue weighted by molar-refractivity contribution is 7.86. The van der Waals surface area contributed by atoms with Crippen molar-refractivity contribution < 1.29 is 22.5 Å². The van der Waals surface area contributed by atoms with Crippen molar-refractivity contribution in [1.82, 2.24) is 0 Å². The molecule has 0 bridgehead atoms. The second-order valence-corrected chi connectivity index (χ2v) is 5.42. The van der Waals surface area contributed by atoms with Crippen LogP contribution in [0.4, 0.5) is 0 Å². The van der Waals surface area contributed by atoms with Crippen LogP contribution in [0.25, 0.3) is 0 Å². The van der Waals surface area contributed by atoms with Gasteiger partial charge in [-0.1, -0.05) is 42.5 Å². The molecular formula is C14H12O5S. The molecule has 5 nitrogen and oxygen atoms in total. The number of carbonyl (C=O) groups excluding carboxylic acids is 1. The van der Waals surface area contributed by atoms with Gasteiger partial charge in [0.25, 0.3) is 10.1 Å². The second kappa shape index (κ2) is 5.85. The van der Waals surface area contributed by atoms with Gasteiger partial charge in [-0.05, 0) is 17.7 Å². The summed E-state index contributed by atoms with van der Waals surface area (Å²) in [7, 11) is -4.46. The molecule has 0 unspecified atom stereocenters. The molecule has 0 aliphatic carbocycles. The third kappa shape index (κ3) is 3.43. The molecule has 0 aliphatic heterocycles. The first kappa shape index (κ1) is 14.2. The molecule has 0 fully saturated rings. The zero-order chi connectivity index (χ0) is 14.6. The van der Waals surface area contributed by atoms with Gasteiger partial charge in [-0.25, -0.2) is 4.79 Å². The van der Waals surface area contributed by atoms with E-state index >= 15 is 0 Å². The summed E-state index contributed by atoms with van der Waals surface area (Å²) in [5.74, 6) is -0.804. The highest BCUT2D eigenvalue weighted by atomic mass is 32.2. The third-order valence-electron chi connectivity index (χ3n) is 2.60. The maximum absolute atomic E-state index is 11.9. The summed E-state index contributed by atoms with van der Waals surface area (Å²) < 4.78 is 36.5. The van der Waals surface area contributed by atoms with Gasteiger partial charge in [0, 0.05) is 0 Å². The van der Waals surface area contributed by atoms with Crippen LogP contribution in [0.5, 0.6) is 0 Å². The molecule has 2 rings (SSSR count). The van der Waals surface area contributed by atoms with Gasteiger partial charge in [0.1, 0.15) is 11.5 Å². The normalized spacial score (nSPS) is 11.1. The first-order valence-electron chi connectivity index (χ1n) is 5.76. The Morgan fingerprint density at radius 1 is 1.00 bits per heavy atom. The fourth-order valence-electron chi connectivity index (χ4n) is 1.66. The average molecular weight is 292 g/mol. The van der Waals surface area contributed by atoms with Gasteiger partial charge >= 0.3 is 5.97 Å². The molecule has 0 aromatic heterocycles. The predicted octanol–water partition coefficient (Wildman–Crippen LogP) is 2.29. The molecule has 0 heterocycles. The van der Waals surface area contributed by atoms with Gasteiger partial charge in [-0.3, -0.25) is 4.55 Å². The average Bonchev–Trinajstić information content (AvgIpc) is 2.45. The van der Waals surface area contributed by atoms with Crippen LogP contribution < -0.4 is 0 Å². The summed E-state index contributed by atoms with van der Waals surface area (Å²) >= 11 is 0. The van der Waals surface area contributed by atoms with Crippen LogP contribution in [0.3, 0.4) is 0 Å². The van der Waals surface area contributed by atoms with Crippen LogP contribution in [0.1, 0.15) is 15.9 Å². The van der Waals surface area contributed by atoms with Crippen molar-refractivity contribution in [1.29, 1.82) is 0 Å². The van der Waals surface area contributed by atoms with E-state index in [0.717, 1.165) is 11.6 Å². The van der Waals surface area contributed by atoms with E-state index in [1.54, 1.807) is 24.3 Å². The molecule has 0 saturated heterocycles. The highest BCUT2D eigenvalue weighted by Gasteiger charge is 2.20. The monoisotopic (exact) mass is 292 g/mol. The van der Waals surface area contributed by atoms with Crippen molar-refractivity contribution in [3.8, 4) is 0 Å². The van der Waals surface area contributed by atoms with E-state index in [0.29, 0.717) is 0 Å². The number of hydrogen-bond donors (Lipinski definition) is 1. The molecular weight excluding hydrogens is 280 g/mol. The van der Waals surface area contributed by atoms with Gasteiger partial charge in [0.05, 0.1) is 5.56 Å². The minimum atomic E-state index is -4.46. The number of ether oxygens (including phenoxy) is 1. The first-order valence-corrected chi connectivity index (χ1v) is 7.20. The molecule has 0 atom stereocenters. The zero-order valence-electron chi connectivity index (χ0n) is 10.4. The molecule has 6 heteroatoms. The topological polar surface area (TPSA) is 80.7 Å². The van der Waals surface area contributed by atoms with Crippen LogP contribution in [0.2, 0.25) is 0 Å². The van der Waals surface area contributed by atoms with Crippen molar-refractivity contribution in [3.63, 3.8) is 0 Å². The zero-order valence-corrected chi connectivity index (χ0v) is 11.2. The van der Waals surface area contributed by atoms with E-state index in [4.69, 9.17) is 9.29 Å². The Hall–Kier alpha value is -2.18. The van der Waals surface area contributed by atoms with Crippen LogP contribution >= 0.6 is 0 Å². The SMILES string of the molecule is O=C(OCc1ccccc1)c1ccccc1S(=O)(=O)O. The van der Waals surface area contributed by atoms with E-state index in [1.807, 2.05) is 6.07 Å². The number of rotatable bonds is 4. The summed E-state index contributed by atoms with van der Waals surface area (Å²) in [6, 6.07) is 14.3. The van der Waals surface area contributed by atoms with E-state index in [9.17, 15) is 13.2 Å². The lowest BCUT2D eigenvalue weighted by Crippen LogP contribution is -2.11. The number of carbonyl (C=O) groups is 1. The van der Waals surface area contributed by atoms with Gasteiger partial charge in [-0.15, -0.1) is 0 Å². The lowest BCUT2D eigenvalue weighted by Gasteiger charge is -2.07. The van der Waals surface area contributed by atoms with Crippen molar-refractivity contribution >= 4 is 16.1 Å². The Kier molecular flexibility index (Phi) is 4.16. The van der Waals surface area contributed by atoms with Crippen molar-refractivity contribution in [3.05, 3.63) is 65.7 Å². The van der Waals surface area contributed by atoms with E-state index in [2.05, 4.69) is 0 Å². The number of hydrogen-bond acceptors (Lipinski definition) is 4. The van der Waals surface area contributed by atoms with Gasteiger partial charge in [0.15, 0.2) is 0 Å². The summed E-state index contributed by atoms with van der Waals surface area (Å²) in [4.78, 5) is 11.4. The van der Waals surface area contributed by atoms with Crippen LogP contribution in [0.15, 0.2) is 59.5 Å². The van der Waals surface area contributed by atoms with Crippen LogP contribution in [-0.4, -0.2) is 18.9 Å². The standard InChI is InChI=1S/C14H12O5S/c15-14(19-10-11-6-2-1-3-7-11)12-8-4-5-9-13(12)20(16,17)18/h1-9H,10H2,(H,16,17,18). The Labute approximate surface area is 116 Å². The van der Waals surface area contributed by atoms with E-state index < -0.39 is 21.0 Å². The molecule has 20 heavy (non-hydrogen) atoms. The Balaban J connectivity index is 2.18. The fraction of sp³-hybridized carbons (Fsp3) is 0.0714. The van der Waals surface area contributed by atoms with Crippen LogP contribution in [0, 0.1) is 0 Å². The largest absolute Gasteiger partial charge is 0.457 e. The smallest absolute Gasteiger partial charge is 0.339 e. The molecule has 2 aromatic carbocycles. The van der Waals surface area contributed by atoms with Gasteiger partial charge < -0.3 is 4.74 Å². The predicted molar refractivity (Wildman–Crippen MR) is 71.8 cm³/mol. The minimum Gasteiger partial charge on any atom is -0.457 e. The molecule has 0 spiro atoms. The maximum atomic E-state index is 11.9. The summed E-state index contributed by atoms with van der Waals surface area (Å²) in [5.41, 5.74) is 0.594. The molecule has 104 valence electrons. The van der Waals surface area contributed by atoms with E-state index in [1.165, 1.54) is 18.2 Å². The minimum absolute atomic E-state index is 0.0273. The first-order chi connectivity index (χ1) is 9.48. The lowest BCUT2D eigenvalue weighted by molar-refractivity contribution is 0.0467.